The van der Waals surface area contributed by atoms with Crippen molar-refractivity contribution in [2.24, 2.45) is 5.92 Å². The van der Waals surface area contributed by atoms with Gasteiger partial charge >= 0.3 is 0 Å². The number of hydrogen-bond acceptors (Lipinski definition) is 4. The van der Waals surface area contributed by atoms with E-state index in [0.717, 1.165) is 19.4 Å². The zero-order valence-corrected chi connectivity index (χ0v) is 12.8. The van der Waals surface area contributed by atoms with Gasteiger partial charge in [0, 0.05) is 31.3 Å². The molecule has 6 nitrogen and oxygen atoms in total. The van der Waals surface area contributed by atoms with Gasteiger partial charge in [0.15, 0.2) is 0 Å². The van der Waals surface area contributed by atoms with Gasteiger partial charge in [0.25, 0.3) is 0 Å². The molecule has 1 fully saturated rings. The molecule has 2 heterocycles. The van der Waals surface area contributed by atoms with Crippen LogP contribution < -0.4 is 4.74 Å². The van der Waals surface area contributed by atoms with Gasteiger partial charge in [-0.15, -0.1) is 5.10 Å². The normalized spacial score (nSPS) is 18.0. The first-order chi connectivity index (χ1) is 11.2. The van der Waals surface area contributed by atoms with Crippen LogP contribution in [0.15, 0.2) is 36.7 Å². The van der Waals surface area contributed by atoms with Gasteiger partial charge in [0.2, 0.25) is 5.91 Å². The zero-order chi connectivity index (χ0) is 16.1. The van der Waals surface area contributed by atoms with E-state index in [2.05, 4.69) is 10.3 Å². The summed E-state index contributed by atoms with van der Waals surface area (Å²) in [6.07, 6.45) is 5.17. The Morgan fingerprint density at radius 3 is 3.13 bits per heavy atom. The third-order valence-corrected chi connectivity index (χ3v) is 3.92. The lowest BCUT2D eigenvalue weighted by atomic mass is 9.99. The molecule has 0 saturated carbocycles. The molecule has 1 saturated heterocycles. The van der Waals surface area contributed by atoms with Gasteiger partial charge in [-0.3, -0.25) is 4.79 Å². The highest BCUT2D eigenvalue weighted by atomic mass is 19.1. The molecular formula is C16H19FN4O2. The van der Waals surface area contributed by atoms with Crippen LogP contribution in [-0.4, -0.2) is 45.5 Å². The minimum absolute atomic E-state index is 0.0333. The summed E-state index contributed by atoms with van der Waals surface area (Å²) < 4.78 is 20.3. The molecule has 1 aliphatic heterocycles. The van der Waals surface area contributed by atoms with E-state index in [0.29, 0.717) is 18.9 Å². The molecule has 3 rings (SSSR count). The fourth-order valence-electron chi connectivity index (χ4n) is 2.75. The number of benzene rings is 1. The molecule has 23 heavy (non-hydrogen) atoms. The van der Waals surface area contributed by atoms with Crippen molar-refractivity contribution in [3.63, 3.8) is 0 Å². The van der Waals surface area contributed by atoms with E-state index < -0.39 is 0 Å². The molecule has 1 atom stereocenters. The van der Waals surface area contributed by atoms with E-state index in [-0.39, 0.29) is 24.2 Å². The maximum absolute atomic E-state index is 13.1. The summed E-state index contributed by atoms with van der Waals surface area (Å²) in [5, 5.41) is 7.51. The van der Waals surface area contributed by atoms with Crippen molar-refractivity contribution in [1.29, 1.82) is 0 Å². The predicted octanol–water partition coefficient (Wildman–Crippen LogP) is 1.73. The third-order valence-electron chi connectivity index (χ3n) is 3.92. The lowest BCUT2D eigenvalue weighted by molar-refractivity contribution is -0.134. The van der Waals surface area contributed by atoms with Crippen LogP contribution in [0.5, 0.6) is 5.75 Å². The Bertz CT molecular complexity index is 647. The minimum Gasteiger partial charge on any atom is -0.493 e. The Morgan fingerprint density at radius 1 is 1.43 bits per heavy atom. The molecule has 0 unspecified atom stereocenters. The molecule has 1 aliphatic rings. The van der Waals surface area contributed by atoms with E-state index >= 15 is 0 Å². The summed E-state index contributed by atoms with van der Waals surface area (Å²) in [4.78, 5) is 14.1. The van der Waals surface area contributed by atoms with E-state index in [1.54, 1.807) is 24.5 Å². The second-order valence-electron chi connectivity index (χ2n) is 5.72. The van der Waals surface area contributed by atoms with Gasteiger partial charge in [0.1, 0.15) is 18.1 Å². The maximum atomic E-state index is 13.1. The number of ether oxygens (including phenoxy) is 1. The van der Waals surface area contributed by atoms with Crippen LogP contribution >= 0.6 is 0 Å². The Hall–Kier alpha value is -2.44. The highest BCUT2D eigenvalue weighted by Crippen LogP contribution is 2.19. The van der Waals surface area contributed by atoms with Crippen LogP contribution in [0.4, 0.5) is 4.39 Å². The Morgan fingerprint density at radius 2 is 2.35 bits per heavy atom. The molecule has 1 aromatic carbocycles. The van der Waals surface area contributed by atoms with Crippen LogP contribution in [0.25, 0.3) is 0 Å². The van der Waals surface area contributed by atoms with E-state index in [4.69, 9.17) is 4.74 Å². The first kappa shape index (κ1) is 15.5. The highest BCUT2D eigenvalue weighted by molar-refractivity contribution is 5.76. The van der Waals surface area contributed by atoms with Gasteiger partial charge in [-0.1, -0.05) is 11.3 Å². The number of aromatic nitrogens is 3. The number of hydrogen-bond donors (Lipinski definition) is 0. The summed E-state index contributed by atoms with van der Waals surface area (Å²) >= 11 is 0. The summed E-state index contributed by atoms with van der Waals surface area (Å²) in [5.74, 6) is 0.504. The second-order valence-corrected chi connectivity index (χ2v) is 5.72. The largest absolute Gasteiger partial charge is 0.493 e. The maximum Gasteiger partial charge on any atom is 0.244 e. The minimum atomic E-state index is -0.309. The van der Waals surface area contributed by atoms with Crippen molar-refractivity contribution in [3.8, 4) is 5.75 Å². The van der Waals surface area contributed by atoms with Crippen LogP contribution in [0.2, 0.25) is 0 Å². The van der Waals surface area contributed by atoms with Gasteiger partial charge < -0.3 is 9.64 Å². The molecule has 0 aliphatic carbocycles. The zero-order valence-electron chi connectivity index (χ0n) is 12.8. The molecule has 0 bridgehead atoms. The fourth-order valence-corrected chi connectivity index (χ4v) is 2.75. The summed E-state index contributed by atoms with van der Waals surface area (Å²) in [5.41, 5.74) is 0. The topological polar surface area (TPSA) is 60.2 Å². The Labute approximate surface area is 133 Å². The summed E-state index contributed by atoms with van der Waals surface area (Å²) in [7, 11) is 0. The number of rotatable bonds is 5. The average Bonchev–Trinajstić information content (AvgIpc) is 3.06. The van der Waals surface area contributed by atoms with Gasteiger partial charge in [-0.25, -0.2) is 9.07 Å². The molecule has 0 N–H and O–H groups in total. The average molecular weight is 318 g/mol. The van der Waals surface area contributed by atoms with Crippen LogP contribution in [0.1, 0.15) is 12.8 Å². The lowest BCUT2D eigenvalue weighted by Gasteiger charge is -2.32. The quantitative estimate of drug-likeness (QED) is 0.842. The number of halogens is 1. The number of nitrogens with zero attached hydrogens (tertiary/aromatic N) is 4. The first-order valence-corrected chi connectivity index (χ1v) is 7.71. The number of carbonyl (C=O) groups is 1. The Balaban J connectivity index is 1.50. The highest BCUT2D eigenvalue weighted by Gasteiger charge is 2.24. The number of carbonyl (C=O) groups excluding carboxylic acids is 1. The van der Waals surface area contributed by atoms with E-state index in [1.165, 1.54) is 16.8 Å². The first-order valence-electron chi connectivity index (χ1n) is 7.71. The van der Waals surface area contributed by atoms with E-state index in [9.17, 15) is 9.18 Å². The molecule has 122 valence electrons. The van der Waals surface area contributed by atoms with Gasteiger partial charge in [-0.05, 0) is 25.0 Å². The van der Waals surface area contributed by atoms with Gasteiger partial charge in [0.05, 0.1) is 12.8 Å². The molecule has 1 amide bonds. The van der Waals surface area contributed by atoms with Gasteiger partial charge in [-0.2, -0.15) is 0 Å². The molecule has 0 radical (unpaired) electrons. The monoisotopic (exact) mass is 318 g/mol. The molecular weight excluding hydrogens is 299 g/mol. The molecule has 2 aromatic rings. The second kappa shape index (κ2) is 7.21. The van der Waals surface area contributed by atoms with Crippen molar-refractivity contribution in [3.05, 3.63) is 42.5 Å². The number of piperidine rings is 1. The summed E-state index contributed by atoms with van der Waals surface area (Å²) in [6, 6.07) is 6.12. The SMILES string of the molecule is O=C(Cn1ccnn1)N1CCC[C@H](COc2cccc(F)c2)C1. The van der Waals surface area contributed by atoms with Crippen LogP contribution in [0, 0.1) is 11.7 Å². The van der Waals surface area contributed by atoms with Crippen LogP contribution in [-0.2, 0) is 11.3 Å². The van der Waals surface area contributed by atoms with Crippen molar-refractivity contribution in [2.75, 3.05) is 19.7 Å². The van der Waals surface area contributed by atoms with Crippen molar-refractivity contribution in [2.45, 2.75) is 19.4 Å². The number of likely N-dealkylation sites (tertiary alicyclic amines) is 1. The number of amides is 1. The van der Waals surface area contributed by atoms with Crippen molar-refractivity contribution >= 4 is 5.91 Å². The van der Waals surface area contributed by atoms with E-state index in [1.807, 2.05) is 4.90 Å². The molecule has 7 heteroatoms. The fraction of sp³-hybridized carbons (Fsp3) is 0.438. The third kappa shape index (κ3) is 4.28. The van der Waals surface area contributed by atoms with Crippen molar-refractivity contribution < 1.29 is 13.9 Å². The molecule has 1 aromatic heterocycles. The molecule has 0 spiro atoms. The lowest BCUT2D eigenvalue weighted by Crippen LogP contribution is -2.43. The predicted molar refractivity (Wildman–Crippen MR) is 81.2 cm³/mol. The summed E-state index contributed by atoms with van der Waals surface area (Å²) in [6.45, 7) is 2.10. The van der Waals surface area contributed by atoms with Crippen LogP contribution in [0.3, 0.4) is 0 Å². The standard InChI is InChI=1S/C16H19FN4O2/c17-14-4-1-5-15(9-14)23-12-13-3-2-7-20(10-13)16(22)11-21-8-6-18-19-21/h1,4-6,8-9,13H,2-3,7,10-12H2/t13-/m0/s1. The Kier molecular flexibility index (Phi) is 4.85. The van der Waals surface area contributed by atoms with Crippen molar-refractivity contribution in [1.82, 2.24) is 19.9 Å². The smallest absolute Gasteiger partial charge is 0.244 e.